The highest BCUT2D eigenvalue weighted by molar-refractivity contribution is 9.10. The lowest BCUT2D eigenvalue weighted by molar-refractivity contribution is -0.143. The normalized spacial score (nSPS) is 16.1. The molecule has 0 saturated heterocycles. The van der Waals surface area contributed by atoms with Crippen molar-refractivity contribution in [2.75, 3.05) is 7.11 Å². The van der Waals surface area contributed by atoms with E-state index in [1.165, 1.54) is 7.11 Å². The first-order chi connectivity index (χ1) is 9.52. The van der Waals surface area contributed by atoms with E-state index in [1.54, 1.807) is 18.2 Å². The van der Waals surface area contributed by atoms with Crippen LogP contribution >= 0.6 is 15.9 Å². The third-order valence-electron chi connectivity index (χ3n) is 3.52. The predicted molar refractivity (Wildman–Crippen MR) is 76.6 cm³/mol. The van der Waals surface area contributed by atoms with Crippen molar-refractivity contribution in [3.05, 3.63) is 28.2 Å². The molecule has 1 aliphatic rings. The van der Waals surface area contributed by atoms with Crippen molar-refractivity contribution in [2.24, 2.45) is 5.92 Å². The zero-order chi connectivity index (χ0) is 14.7. The average Bonchev–Trinajstić information content (AvgIpc) is 2.33. The van der Waals surface area contributed by atoms with E-state index < -0.39 is 12.0 Å². The van der Waals surface area contributed by atoms with Gasteiger partial charge in [-0.2, -0.15) is 0 Å². The van der Waals surface area contributed by atoms with Crippen molar-refractivity contribution in [3.8, 4) is 5.75 Å². The molecular formula is C14H16BrNO4. The van der Waals surface area contributed by atoms with Gasteiger partial charge in [-0.05, 0) is 46.5 Å². The van der Waals surface area contributed by atoms with E-state index >= 15 is 0 Å². The van der Waals surface area contributed by atoms with Gasteiger partial charge in [-0.3, -0.25) is 4.79 Å². The predicted octanol–water partition coefficient (Wildman–Crippen LogP) is 2.50. The van der Waals surface area contributed by atoms with Crippen molar-refractivity contribution < 1.29 is 19.4 Å². The number of hydrogen-bond donors (Lipinski definition) is 2. The van der Waals surface area contributed by atoms with Crippen LogP contribution in [0.1, 0.15) is 30.9 Å². The van der Waals surface area contributed by atoms with Crippen molar-refractivity contribution in [1.82, 2.24) is 5.32 Å². The molecule has 1 aromatic rings. The van der Waals surface area contributed by atoms with Crippen LogP contribution in [0.25, 0.3) is 0 Å². The zero-order valence-electron chi connectivity index (χ0n) is 11.1. The number of carbonyl (C=O) groups excluding carboxylic acids is 1. The minimum absolute atomic E-state index is 0.0430. The third kappa shape index (κ3) is 3.12. The first kappa shape index (κ1) is 14.8. The Hall–Kier alpha value is -1.56. The molecule has 1 aromatic carbocycles. The summed E-state index contributed by atoms with van der Waals surface area (Å²) < 4.78 is 5.76. The number of carboxylic acids is 1. The Labute approximate surface area is 125 Å². The summed E-state index contributed by atoms with van der Waals surface area (Å²) in [6, 6.07) is 3.93. The SMILES string of the molecule is COc1ccc(C(NC(=O)C2CCC2)C(=O)O)cc1Br. The second kappa shape index (κ2) is 6.26. The summed E-state index contributed by atoms with van der Waals surface area (Å²) >= 11 is 3.31. The quantitative estimate of drug-likeness (QED) is 0.862. The number of ether oxygens (including phenoxy) is 1. The van der Waals surface area contributed by atoms with Gasteiger partial charge in [0.2, 0.25) is 5.91 Å². The van der Waals surface area contributed by atoms with Gasteiger partial charge in [0.15, 0.2) is 6.04 Å². The van der Waals surface area contributed by atoms with Crippen LogP contribution in [0.15, 0.2) is 22.7 Å². The lowest BCUT2D eigenvalue weighted by Gasteiger charge is -2.26. The van der Waals surface area contributed by atoms with Gasteiger partial charge in [0.25, 0.3) is 0 Å². The Kier molecular flexibility index (Phi) is 4.65. The molecule has 1 unspecified atom stereocenters. The van der Waals surface area contributed by atoms with E-state index in [-0.39, 0.29) is 11.8 Å². The van der Waals surface area contributed by atoms with Crippen LogP contribution < -0.4 is 10.1 Å². The van der Waals surface area contributed by atoms with E-state index in [0.717, 1.165) is 19.3 Å². The van der Waals surface area contributed by atoms with Crippen LogP contribution in [0.5, 0.6) is 5.75 Å². The Morgan fingerprint density at radius 1 is 1.45 bits per heavy atom. The zero-order valence-corrected chi connectivity index (χ0v) is 12.6. The first-order valence-electron chi connectivity index (χ1n) is 6.39. The number of carbonyl (C=O) groups is 2. The molecule has 1 fully saturated rings. The smallest absolute Gasteiger partial charge is 0.330 e. The molecule has 108 valence electrons. The number of halogens is 1. The fourth-order valence-corrected chi connectivity index (χ4v) is 2.64. The van der Waals surface area contributed by atoms with Gasteiger partial charge in [-0.1, -0.05) is 12.5 Å². The van der Waals surface area contributed by atoms with Crippen molar-refractivity contribution in [3.63, 3.8) is 0 Å². The fourth-order valence-electron chi connectivity index (χ4n) is 2.08. The van der Waals surface area contributed by atoms with Gasteiger partial charge in [0.1, 0.15) is 5.75 Å². The van der Waals surface area contributed by atoms with Crippen LogP contribution in [-0.2, 0) is 9.59 Å². The topological polar surface area (TPSA) is 75.6 Å². The largest absolute Gasteiger partial charge is 0.496 e. The number of rotatable bonds is 5. The minimum Gasteiger partial charge on any atom is -0.496 e. The Balaban J connectivity index is 2.17. The van der Waals surface area contributed by atoms with Gasteiger partial charge in [0.05, 0.1) is 11.6 Å². The standard InChI is InChI=1S/C14H16BrNO4/c1-20-11-6-5-9(7-10(11)15)12(14(18)19)16-13(17)8-3-2-4-8/h5-8,12H,2-4H2,1H3,(H,16,17)(H,18,19). The summed E-state index contributed by atoms with van der Waals surface area (Å²) in [6.07, 6.45) is 2.71. The van der Waals surface area contributed by atoms with E-state index in [9.17, 15) is 14.7 Å². The summed E-state index contributed by atoms with van der Waals surface area (Å²) in [4.78, 5) is 23.3. The molecule has 5 nitrogen and oxygen atoms in total. The van der Waals surface area contributed by atoms with E-state index in [2.05, 4.69) is 21.2 Å². The third-order valence-corrected chi connectivity index (χ3v) is 4.14. The Bertz CT molecular complexity index is 528. The number of aliphatic carboxylic acids is 1. The molecule has 2 N–H and O–H groups in total. The number of nitrogens with one attached hydrogen (secondary N) is 1. The summed E-state index contributed by atoms with van der Waals surface area (Å²) in [5, 5.41) is 11.9. The number of carboxylic acid groups (broad SMARTS) is 1. The van der Waals surface area contributed by atoms with Gasteiger partial charge in [-0.15, -0.1) is 0 Å². The van der Waals surface area contributed by atoms with Gasteiger partial charge >= 0.3 is 5.97 Å². The molecule has 1 atom stereocenters. The highest BCUT2D eigenvalue weighted by atomic mass is 79.9. The highest BCUT2D eigenvalue weighted by Crippen LogP contribution is 2.30. The molecule has 1 aliphatic carbocycles. The number of amides is 1. The van der Waals surface area contributed by atoms with Crippen molar-refractivity contribution in [1.29, 1.82) is 0 Å². The minimum atomic E-state index is -1.07. The molecule has 0 heterocycles. The molecule has 1 amide bonds. The Morgan fingerprint density at radius 3 is 2.60 bits per heavy atom. The van der Waals surface area contributed by atoms with E-state index in [1.807, 2.05) is 0 Å². The molecule has 20 heavy (non-hydrogen) atoms. The maximum Gasteiger partial charge on any atom is 0.330 e. The first-order valence-corrected chi connectivity index (χ1v) is 7.19. The number of benzene rings is 1. The van der Waals surface area contributed by atoms with E-state index in [4.69, 9.17) is 4.74 Å². The van der Waals surface area contributed by atoms with Crippen LogP contribution in [0.4, 0.5) is 0 Å². The summed E-state index contributed by atoms with van der Waals surface area (Å²) in [7, 11) is 1.53. The Morgan fingerprint density at radius 2 is 2.15 bits per heavy atom. The van der Waals surface area contributed by atoms with Gasteiger partial charge in [0, 0.05) is 5.92 Å². The molecule has 1 saturated carbocycles. The van der Waals surface area contributed by atoms with E-state index in [0.29, 0.717) is 15.8 Å². The van der Waals surface area contributed by atoms with Crippen LogP contribution in [0.3, 0.4) is 0 Å². The second-order valence-corrected chi connectivity index (χ2v) is 5.66. The van der Waals surface area contributed by atoms with Crippen LogP contribution in [-0.4, -0.2) is 24.1 Å². The van der Waals surface area contributed by atoms with Gasteiger partial charge < -0.3 is 15.2 Å². The fraction of sp³-hybridized carbons (Fsp3) is 0.429. The molecule has 0 spiro atoms. The molecule has 0 bridgehead atoms. The molecule has 6 heteroatoms. The molecule has 2 rings (SSSR count). The molecule has 0 aliphatic heterocycles. The molecule has 0 radical (unpaired) electrons. The number of methoxy groups -OCH3 is 1. The lowest BCUT2D eigenvalue weighted by atomic mass is 9.84. The van der Waals surface area contributed by atoms with Crippen molar-refractivity contribution in [2.45, 2.75) is 25.3 Å². The van der Waals surface area contributed by atoms with Gasteiger partial charge in [-0.25, -0.2) is 4.79 Å². The molecular weight excluding hydrogens is 326 g/mol. The summed E-state index contributed by atoms with van der Waals surface area (Å²) in [5.41, 5.74) is 0.512. The summed E-state index contributed by atoms with van der Waals surface area (Å²) in [5.74, 6) is -0.688. The molecule has 0 aromatic heterocycles. The summed E-state index contributed by atoms with van der Waals surface area (Å²) in [6.45, 7) is 0. The maximum absolute atomic E-state index is 11.9. The average molecular weight is 342 g/mol. The lowest BCUT2D eigenvalue weighted by Crippen LogP contribution is -2.39. The highest BCUT2D eigenvalue weighted by Gasteiger charge is 2.30. The van der Waals surface area contributed by atoms with Crippen molar-refractivity contribution >= 4 is 27.8 Å². The van der Waals surface area contributed by atoms with Crippen LogP contribution in [0, 0.1) is 5.92 Å². The maximum atomic E-state index is 11.9. The van der Waals surface area contributed by atoms with Crippen LogP contribution in [0.2, 0.25) is 0 Å². The monoisotopic (exact) mass is 341 g/mol. The number of hydrogen-bond acceptors (Lipinski definition) is 3. The second-order valence-electron chi connectivity index (χ2n) is 4.80.